The Morgan fingerprint density at radius 2 is 2.09 bits per heavy atom. The zero-order valence-corrected chi connectivity index (χ0v) is 20.2. The van der Waals surface area contributed by atoms with Crippen molar-refractivity contribution in [2.45, 2.75) is 64.2 Å². The molecule has 0 bridgehead atoms. The summed E-state index contributed by atoms with van der Waals surface area (Å²) in [4.78, 5) is 21.0. The van der Waals surface area contributed by atoms with Crippen LogP contribution in [0.3, 0.4) is 0 Å². The van der Waals surface area contributed by atoms with Gasteiger partial charge in [0.1, 0.15) is 23.9 Å². The highest BCUT2D eigenvalue weighted by Crippen LogP contribution is 2.32. The first-order chi connectivity index (χ1) is 15.9. The van der Waals surface area contributed by atoms with Crippen molar-refractivity contribution < 1.29 is 4.74 Å². The number of nitrogens with one attached hydrogen (secondary N) is 1. The highest BCUT2D eigenvalue weighted by atomic mass is 32.2. The lowest BCUT2D eigenvalue weighted by molar-refractivity contribution is 0.0153. The number of benzene rings is 1. The summed E-state index contributed by atoms with van der Waals surface area (Å²) in [5.41, 5.74) is 10.9. The van der Waals surface area contributed by atoms with Crippen LogP contribution < -0.4 is 5.73 Å². The molecule has 0 radical (unpaired) electrons. The number of ether oxygens (including phenoxy) is 1. The van der Waals surface area contributed by atoms with Crippen LogP contribution in [0.25, 0.3) is 22.2 Å². The number of aromatic amines is 1. The molecule has 5 rings (SSSR count). The molecule has 0 spiro atoms. The molecule has 4 heterocycles. The van der Waals surface area contributed by atoms with Crippen molar-refractivity contribution in [3.63, 3.8) is 0 Å². The maximum absolute atomic E-state index is 6.28. The van der Waals surface area contributed by atoms with Gasteiger partial charge in [-0.15, -0.1) is 0 Å². The van der Waals surface area contributed by atoms with E-state index in [2.05, 4.69) is 58.9 Å². The van der Waals surface area contributed by atoms with E-state index in [1.165, 1.54) is 11.9 Å². The van der Waals surface area contributed by atoms with Crippen LogP contribution in [-0.2, 0) is 16.6 Å². The number of hydrogen-bond donors (Lipinski definition) is 2. The third-order valence-electron chi connectivity index (χ3n) is 6.19. The van der Waals surface area contributed by atoms with Gasteiger partial charge in [0.25, 0.3) is 0 Å². The molecule has 3 aromatic heterocycles. The minimum atomic E-state index is -0.0385. The average molecular weight is 466 g/mol. The van der Waals surface area contributed by atoms with E-state index >= 15 is 0 Å². The van der Waals surface area contributed by atoms with Crippen molar-refractivity contribution in [2.24, 2.45) is 0 Å². The smallest absolute Gasteiger partial charge is 0.167 e. The van der Waals surface area contributed by atoms with Crippen molar-refractivity contribution in [3.05, 3.63) is 42.2 Å². The quantitative estimate of drug-likeness (QED) is 0.383. The molecule has 33 heavy (non-hydrogen) atoms. The van der Waals surface area contributed by atoms with Gasteiger partial charge >= 0.3 is 0 Å². The van der Waals surface area contributed by atoms with Crippen LogP contribution >= 0.6 is 11.8 Å². The first kappa shape index (κ1) is 22.2. The number of nitrogens with zero attached hydrogens (tertiary/aromatic N) is 5. The Bertz CT molecular complexity index is 1260. The lowest BCUT2D eigenvalue weighted by Gasteiger charge is -2.18. The molecule has 1 saturated heterocycles. The van der Waals surface area contributed by atoms with E-state index in [-0.39, 0.29) is 17.7 Å². The van der Waals surface area contributed by atoms with E-state index in [4.69, 9.17) is 15.5 Å². The number of anilines is 1. The number of H-pyrrole nitrogens is 1. The Balaban J connectivity index is 1.09. The standard InChI is InChI=1S/C24H31N7OS/c1-24(2,3)15-6-8-17-18(11-15)30-19(29-17)5-4-10-33-12-16-7-9-20(32-16)31-14-28-21-22(25)26-13-27-23(21)31/h6,8,11,13-14,16,20H,4-5,7,9-10,12H2,1-3H3,(H,29,30)(H2,25,26,27). The van der Waals surface area contributed by atoms with Gasteiger partial charge in [-0.05, 0) is 48.1 Å². The highest BCUT2D eigenvalue weighted by Gasteiger charge is 2.28. The second-order valence-corrected chi connectivity index (χ2v) is 10.9. The Labute approximate surface area is 197 Å². The number of nitrogen functional groups attached to an aromatic ring is 1. The van der Waals surface area contributed by atoms with Crippen LogP contribution in [0, 0.1) is 0 Å². The first-order valence-corrected chi connectivity index (χ1v) is 12.7. The van der Waals surface area contributed by atoms with E-state index < -0.39 is 0 Å². The molecule has 1 aliphatic rings. The number of aryl methyl sites for hydroxylation is 1. The molecule has 3 N–H and O–H groups in total. The highest BCUT2D eigenvalue weighted by molar-refractivity contribution is 7.99. The molecule has 0 aliphatic carbocycles. The lowest BCUT2D eigenvalue weighted by atomic mass is 9.87. The summed E-state index contributed by atoms with van der Waals surface area (Å²) < 4.78 is 8.26. The average Bonchev–Trinajstić information content (AvgIpc) is 3.50. The van der Waals surface area contributed by atoms with Gasteiger partial charge in [0.15, 0.2) is 11.5 Å². The third-order valence-corrected chi connectivity index (χ3v) is 7.37. The topological polar surface area (TPSA) is 108 Å². The van der Waals surface area contributed by atoms with Crippen molar-refractivity contribution in [1.29, 1.82) is 0 Å². The molecule has 0 saturated carbocycles. The molecule has 2 unspecified atom stereocenters. The Morgan fingerprint density at radius 1 is 1.21 bits per heavy atom. The van der Waals surface area contributed by atoms with Crippen LogP contribution in [0.2, 0.25) is 0 Å². The summed E-state index contributed by atoms with van der Waals surface area (Å²) >= 11 is 1.95. The van der Waals surface area contributed by atoms with E-state index in [9.17, 15) is 0 Å². The Morgan fingerprint density at radius 3 is 2.94 bits per heavy atom. The molecule has 1 aromatic carbocycles. The number of nitrogens with two attached hydrogens (primary N) is 1. The van der Waals surface area contributed by atoms with Gasteiger partial charge < -0.3 is 15.5 Å². The molecule has 8 nitrogen and oxygen atoms in total. The van der Waals surface area contributed by atoms with E-state index in [0.29, 0.717) is 11.3 Å². The van der Waals surface area contributed by atoms with Crippen molar-refractivity contribution in [2.75, 3.05) is 17.2 Å². The molecule has 1 fully saturated rings. The maximum Gasteiger partial charge on any atom is 0.167 e. The first-order valence-electron chi connectivity index (χ1n) is 11.5. The molecule has 0 amide bonds. The summed E-state index contributed by atoms with van der Waals surface area (Å²) in [6.45, 7) is 6.71. The fraction of sp³-hybridized carbons (Fsp3) is 0.500. The number of rotatable bonds is 7. The van der Waals surface area contributed by atoms with E-state index in [1.54, 1.807) is 6.33 Å². The van der Waals surface area contributed by atoms with Gasteiger partial charge in [-0.1, -0.05) is 26.8 Å². The third kappa shape index (κ3) is 4.70. The zero-order valence-electron chi connectivity index (χ0n) is 19.4. The van der Waals surface area contributed by atoms with Crippen LogP contribution in [0.15, 0.2) is 30.9 Å². The van der Waals surface area contributed by atoms with E-state index in [0.717, 1.165) is 59.7 Å². The van der Waals surface area contributed by atoms with Crippen LogP contribution in [0.4, 0.5) is 5.82 Å². The van der Waals surface area contributed by atoms with Gasteiger partial charge in [-0.2, -0.15) is 11.8 Å². The summed E-state index contributed by atoms with van der Waals surface area (Å²) in [6.07, 6.45) is 7.49. The predicted octanol–water partition coefficient (Wildman–Crippen LogP) is 4.63. The Hall–Kier alpha value is -2.65. The molecular weight excluding hydrogens is 434 g/mol. The Kier molecular flexibility index (Phi) is 6.01. The van der Waals surface area contributed by atoms with Gasteiger partial charge in [0.2, 0.25) is 0 Å². The minimum Gasteiger partial charge on any atom is -0.382 e. The zero-order chi connectivity index (χ0) is 23.0. The van der Waals surface area contributed by atoms with Crippen molar-refractivity contribution in [3.8, 4) is 0 Å². The molecule has 1 aliphatic heterocycles. The van der Waals surface area contributed by atoms with Crippen LogP contribution in [0.1, 0.15) is 57.6 Å². The fourth-order valence-electron chi connectivity index (χ4n) is 4.30. The van der Waals surface area contributed by atoms with Gasteiger partial charge in [0, 0.05) is 12.2 Å². The summed E-state index contributed by atoms with van der Waals surface area (Å²) in [7, 11) is 0. The normalized spacial score (nSPS) is 19.1. The van der Waals surface area contributed by atoms with Gasteiger partial charge in [-0.3, -0.25) is 4.57 Å². The van der Waals surface area contributed by atoms with Crippen molar-refractivity contribution >= 4 is 39.8 Å². The summed E-state index contributed by atoms with van der Waals surface area (Å²) in [5.74, 6) is 3.56. The fourth-order valence-corrected chi connectivity index (χ4v) is 5.32. The van der Waals surface area contributed by atoms with Crippen molar-refractivity contribution in [1.82, 2.24) is 29.5 Å². The van der Waals surface area contributed by atoms with Crippen LogP contribution in [-0.4, -0.2) is 47.1 Å². The number of imidazole rings is 2. The number of hydrogen-bond acceptors (Lipinski definition) is 7. The van der Waals surface area contributed by atoms with Gasteiger partial charge in [-0.25, -0.2) is 19.9 Å². The largest absolute Gasteiger partial charge is 0.382 e. The van der Waals surface area contributed by atoms with Gasteiger partial charge in [0.05, 0.1) is 23.5 Å². The summed E-state index contributed by atoms with van der Waals surface area (Å²) in [5, 5.41) is 0. The lowest BCUT2D eigenvalue weighted by Crippen LogP contribution is -2.13. The monoisotopic (exact) mass is 465 g/mol. The molecule has 2 atom stereocenters. The number of aromatic nitrogens is 6. The number of fused-ring (bicyclic) bond motifs is 2. The molecule has 4 aromatic rings. The second-order valence-electron chi connectivity index (χ2n) is 9.72. The molecule has 174 valence electrons. The van der Waals surface area contributed by atoms with E-state index in [1.807, 2.05) is 16.3 Å². The van der Waals surface area contributed by atoms with Crippen LogP contribution in [0.5, 0.6) is 0 Å². The summed E-state index contributed by atoms with van der Waals surface area (Å²) in [6, 6.07) is 6.55. The minimum absolute atomic E-state index is 0.0385. The number of thioether (sulfide) groups is 1. The molecular formula is C24H31N7OS. The molecule has 9 heteroatoms. The maximum atomic E-state index is 6.28. The second kappa shape index (κ2) is 8.95. The predicted molar refractivity (Wildman–Crippen MR) is 133 cm³/mol. The SMILES string of the molecule is CC(C)(C)c1ccc2nc(CCCSCC3CCC(n4cnc5c(N)ncnc54)O3)[nH]c2c1.